The van der Waals surface area contributed by atoms with Crippen molar-refractivity contribution in [3.05, 3.63) is 29.8 Å². The maximum absolute atomic E-state index is 12.2. The fraction of sp³-hybridized carbons (Fsp3) is 0.588. The topological polar surface area (TPSA) is 72.9 Å². The zero-order valence-electron chi connectivity index (χ0n) is 14.8. The molecule has 0 aromatic heterocycles. The summed E-state index contributed by atoms with van der Waals surface area (Å²) in [4.78, 5) is 13.6. The molecule has 24 heavy (non-hydrogen) atoms. The standard InChI is InChI=1S/C17H25NO5S/c1-12-6-8-15(9-7-12)24(20,21)23-14-10-13(11-14)18(5)16(19)22-17(2,3)4/h6-9,13-14H,10-11H2,1-5H3. The van der Waals surface area contributed by atoms with Crippen LogP contribution in [-0.4, -0.2) is 44.2 Å². The highest BCUT2D eigenvalue weighted by molar-refractivity contribution is 7.86. The van der Waals surface area contributed by atoms with E-state index in [4.69, 9.17) is 8.92 Å². The minimum atomic E-state index is -3.77. The van der Waals surface area contributed by atoms with Crippen LogP contribution in [0.2, 0.25) is 0 Å². The van der Waals surface area contributed by atoms with Crippen LogP contribution in [0.25, 0.3) is 0 Å². The molecule has 134 valence electrons. The molecule has 0 N–H and O–H groups in total. The van der Waals surface area contributed by atoms with Crippen LogP contribution in [0.15, 0.2) is 29.2 Å². The molecule has 0 saturated heterocycles. The first-order valence-electron chi connectivity index (χ1n) is 7.94. The Balaban J connectivity index is 1.88. The lowest BCUT2D eigenvalue weighted by Gasteiger charge is -2.40. The average molecular weight is 355 g/mol. The Morgan fingerprint density at radius 1 is 1.17 bits per heavy atom. The van der Waals surface area contributed by atoms with Gasteiger partial charge >= 0.3 is 6.09 Å². The Labute approximate surface area is 143 Å². The maximum atomic E-state index is 12.2. The number of rotatable bonds is 4. The molecule has 0 atom stereocenters. The predicted molar refractivity (Wildman–Crippen MR) is 90.3 cm³/mol. The molecule has 1 fully saturated rings. The Hall–Kier alpha value is -1.60. The van der Waals surface area contributed by atoms with E-state index in [1.54, 1.807) is 40.0 Å². The monoisotopic (exact) mass is 355 g/mol. The molecule has 1 saturated carbocycles. The van der Waals surface area contributed by atoms with Crippen LogP contribution < -0.4 is 0 Å². The van der Waals surface area contributed by atoms with Crippen molar-refractivity contribution in [1.82, 2.24) is 4.90 Å². The average Bonchev–Trinajstić information content (AvgIpc) is 2.40. The number of benzene rings is 1. The zero-order valence-corrected chi connectivity index (χ0v) is 15.6. The van der Waals surface area contributed by atoms with Gasteiger partial charge in [0.25, 0.3) is 10.1 Å². The molecule has 2 rings (SSSR count). The summed E-state index contributed by atoms with van der Waals surface area (Å²) in [6.45, 7) is 7.30. The van der Waals surface area contributed by atoms with Crippen molar-refractivity contribution >= 4 is 16.2 Å². The normalized spacial score (nSPS) is 21.0. The number of hydrogen-bond donors (Lipinski definition) is 0. The van der Waals surface area contributed by atoms with Gasteiger partial charge in [-0.15, -0.1) is 0 Å². The Morgan fingerprint density at radius 3 is 2.21 bits per heavy atom. The summed E-state index contributed by atoms with van der Waals surface area (Å²) in [7, 11) is -2.11. The van der Waals surface area contributed by atoms with Gasteiger partial charge in [-0.3, -0.25) is 4.18 Å². The minimum absolute atomic E-state index is 0.0712. The van der Waals surface area contributed by atoms with Gasteiger partial charge in [0, 0.05) is 13.1 Å². The number of ether oxygens (including phenoxy) is 1. The quantitative estimate of drug-likeness (QED) is 0.776. The fourth-order valence-corrected chi connectivity index (χ4v) is 3.45. The molecular formula is C17H25NO5S. The van der Waals surface area contributed by atoms with Crippen molar-refractivity contribution in [2.24, 2.45) is 0 Å². The molecule has 1 aromatic carbocycles. The lowest BCUT2D eigenvalue weighted by molar-refractivity contribution is -0.00713. The van der Waals surface area contributed by atoms with Gasteiger partial charge in [0.1, 0.15) is 5.60 Å². The first-order chi connectivity index (χ1) is 11.0. The summed E-state index contributed by atoms with van der Waals surface area (Å²) < 4.78 is 35.0. The third kappa shape index (κ3) is 4.70. The van der Waals surface area contributed by atoms with Crippen LogP contribution in [0.3, 0.4) is 0 Å². The summed E-state index contributed by atoms with van der Waals surface area (Å²) >= 11 is 0. The van der Waals surface area contributed by atoms with Gasteiger partial charge in [0.15, 0.2) is 0 Å². The number of hydrogen-bond acceptors (Lipinski definition) is 5. The molecule has 0 unspecified atom stereocenters. The summed E-state index contributed by atoms with van der Waals surface area (Å²) in [5.41, 5.74) is 0.427. The first kappa shape index (κ1) is 18.7. The van der Waals surface area contributed by atoms with Gasteiger partial charge in [-0.05, 0) is 52.7 Å². The number of nitrogens with zero attached hydrogens (tertiary/aromatic N) is 1. The van der Waals surface area contributed by atoms with E-state index >= 15 is 0 Å². The summed E-state index contributed by atoms with van der Waals surface area (Å²) in [6.07, 6.45) is 0.125. The van der Waals surface area contributed by atoms with Gasteiger partial charge in [-0.25, -0.2) is 4.79 Å². The largest absolute Gasteiger partial charge is 0.444 e. The second-order valence-corrected chi connectivity index (χ2v) is 8.77. The SMILES string of the molecule is Cc1ccc(S(=O)(=O)OC2CC(N(C)C(=O)OC(C)(C)C)C2)cc1. The molecule has 1 amide bonds. The zero-order chi connectivity index (χ0) is 18.1. The molecule has 7 heteroatoms. The predicted octanol–water partition coefficient (Wildman–Crippen LogP) is 3.10. The molecule has 6 nitrogen and oxygen atoms in total. The Kier molecular flexibility index (Phi) is 5.25. The van der Waals surface area contributed by atoms with Crippen LogP contribution in [-0.2, 0) is 19.0 Å². The lowest BCUT2D eigenvalue weighted by atomic mass is 9.89. The molecule has 0 aliphatic heterocycles. The van der Waals surface area contributed by atoms with Crippen LogP contribution >= 0.6 is 0 Å². The Bertz CT molecular complexity index is 685. The highest BCUT2D eigenvalue weighted by Gasteiger charge is 2.39. The molecule has 0 bridgehead atoms. The van der Waals surface area contributed by atoms with Gasteiger partial charge in [-0.2, -0.15) is 8.42 Å². The third-order valence-electron chi connectivity index (χ3n) is 3.87. The van der Waals surface area contributed by atoms with E-state index in [-0.39, 0.29) is 10.9 Å². The molecule has 0 radical (unpaired) electrons. The van der Waals surface area contributed by atoms with Gasteiger partial charge in [-0.1, -0.05) is 17.7 Å². The van der Waals surface area contributed by atoms with Crippen LogP contribution in [0.1, 0.15) is 39.2 Å². The molecule has 1 aromatic rings. The van der Waals surface area contributed by atoms with Gasteiger partial charge < -0.3 is 9.64 Å². The van der Waals surface area contributed by atoms with Crippen molar-refractivity contribution in [3.63, 3.8) is 0 Å². The highest BCUT2D eigenvalue weighted by atomic mass is 32.2. The van der Waals surface area contributed by atoms with Crippen LogP contribution in [0, 0.1) is 6.92 Å². The van der Waals surface area contributed by atoms with Crippen LogP contribution in [0.5, 0.6) is 0 Å². The second kappa shape index (κ2) is 6.72. The summed E-state index contributed by atoms with van der Waals surface area (Å²) in [5.74, 6) is 0. The van der Waals surface area contributed by atoms with Crippen molar-refractivity contribution in [2.45, 2.75) is 63.2 Å². The van der Waals surface area contributed by atoms with Gasteiger partial charge in [0.2, 0.25) is 0 Å². The minimum Gasteiger partial charge on any atom is -0.444 e. The molecule has 1 aliphatic carbocycles. The maximum Gasteiger partial charge on any atom is 0.410 e. The van der Waals surface area contributed by atoms with E-state index in [0.29, 0.717) is 12.8 Å². The van der Waals surface area contributed by atoms with Crippen LogP contribution in [0.4, 0.5) is 4.79 Å². The fourth-order valence-electron chi connectivity index (χ4n) is 2.36. The van der Waals surface area contributed by atoms with E-state index in [1.165, 1.54) is 17.0 Å². The van der Waals surface area contributed by atoms with E-state index < -0.39 is 27.9 Å². The number of aryl methyl sites for hydroxylation is 1. The van der Waals surface area contributed by atoms with Crippen molar-refractivity contribution in [2.75, 3.05) is 7.05 Å². The number of carbonyl (C=O) groups excluding carboxylic acids is 1. The lowest BCUT2D eigenvalue weighted by Crippen LogP contribution is -2.50. The Morgan fingerprint density at radius 2 is 1.71 bits per heavy atom. The molecular weight excluding hydrogens is 330 g/mol. The van der Waals surface area contributed by atoms with Crippen molar-refractivity contribution in [3.8, 4) is 0 Å². The third-order valence-corrected chi connectivity index (χ3v) is 5.25. The first-order valence-corrected chi connectivity index (χ1v) is 9.34. The van der Waals surface area contributed by atoms with E-state index in [1.807, 2.05) is 6.92 Å². The second-order valence-electron chi connectivity index (χ2n) is 7.20. The molecule has 0 heterocycles. The molecule has 1 aliphatic rings. The highest BCUT2D eigenvalue weighted by Crippen LogP contribution is 2.31. The van der Waals surface area contributed by atoms with E-state index in [9.17, 15) is 13.2 Å². The van der Waals surface area contributed by atoms with E-state index in [2.05, 4.69) is 0 Å². The summed E-state index contributed by atoms with van der Waals surface area (Å²) in [6, 6.07) is 6.46. The van der Waals surface area contributed by atoms with Gasteiger partial charge in [0.05, 0.1) is 11.0 Å². The number of amides is 1. The summed E-state index contributed by atoms with van der Waals surface area (Å²) in [5, 5.41) is 0. The molecule has 0 spiro atoms. The number of carbonyl (C=O) groups is 1. The van der Waals surface area contributed by atoms with E-state index in [0.717, 1.165) is 5.56 Å². The van der Waals surface area contributed by atoms with Crippen molar-refractivity contribution in [1.29, 1.82) is 0 Å². The smallest absolute Gasteiger partial charge is 0.410 e. The van der Waals surface area contributed by atoms with Crippen molar-refractivity contribution < 1.29 is 22.1 Å².